The molecule has 152 valence electrons. The summed E-state index contributed by atoms with van der Waals surface area (Å²) >= 11 is 0. The monoisotopic (exact) mass is 411 g/mol. The van der Waals surface area contributed by atoms with Gasteiger partial charge in [-0.15, -0.1) is 0 Å². The molecule has 1 saturated heterocycles. The molecular weight excluding hydrogens is 386 g/mol. The van der Waals surface area contributed by atoms with Crippen LogP contribution in [0.25, 0.3) is 10.9 Å². The largest absolute Gasteiger partial charge is 0.378 e. The van der Waals surface area contributed by atoms with Gasteiger partial charge in [-0.25, -0.2) is 12.7 Å². The molecule has 1 aliphatic rings. The van der Waals surface area contributed by atoms with Crippen molar-refractivity contribution in [3.63, 3.8) is 0 Å². The molecule has 0 saturated carbocycles. The van der Waals surface area contributed by atoms with Gasteiger partial charge in [-0.1, -0.05) is 36.4 Å². The van der Waals surface area contributed by atoms with Gasteiger partial charge in [0.15, 0.2) is 0 Å². The molecule has 3 aromatic rings. The van der Waals surface area contributed by atoms with Crippen molar-refractivity contribution in [2.75, 3.05) is 38.3 Å². The summed E-state index contributed by atoms with van der Waals surface area (Å²) in [5.41, 5.74) is 3.56. The molecule has 1 aliphatic heterocycles. The van der Waals surface area contributed by atoms with E-state index in [1.165, 1.54) is 4.31 Å². The van der Waals surface area contributed by atoms with Gasteiger partial charge in [0.2, 0.25) is 10.0 Å². The Bertz CT molecular complexity index is 1070. The minimum atomic E-state index is -3.47. The van der Waals surface area contributed by atoms with Crippen molar-refractivity contribution < 1.29 is 13.2 Å². The second-order valence-corrected chi connectivity index (χ2v) is 9.35. The molecule has 2 aromatic carbocycles. The molecule has 1 aromatic heterocycles. The predicted molar refractivity (Wildman–Crippen MR) is 115 cm³/mol. The third kappa shape index (κ3) is 4.58. The first kappa shape index (κ1) is 19.8. The average molecular weight is 412 g/mol. The van der Waals surface area contributed by atoms with E-state index in [0.29, 0.717) is 6.54 Å². The van der Waals surface area contributed by atoms with Crippen LogP contribution in [-0.4, -0.2) is 51.1 Å². The molecule has 4 rings (SSSR count). The zero-order chi connectivity index (χ0) is 20.3. The second kappa shape index (κ2) is 8.49. The number of ether oxygens (including phenoxy) is 1. The molecule has 0 bridgehead atoms. The van der Waals surface area contributed by atoms with Crippen LogP contribution in [0.3, 0.4) is 0 Å². The van der Waals surface area contributed by atoms with Crippen molar-refractivity contribution in [3.8, 4) is 0 Å². The molecule has 7 heteroatoms. The van der Waals surface area contributed by atoms with Crippen molar-refractivity contribution in [1.82, 2.24) is 9.29 Å². The first-order valence-electron chi connectivity index (χ1n) is 9.71. The van der Waals surface area contributed by atoms with E-state index in [0.717, 1.165) is 54.0 Å². The number of nitrogens with zero attached hydrogens (tertiary/aromatic N) is 3. The van der Waals surface area contributed by atoms with Gasteiger partial charge in [-0.3, -0.25) is 4.98 Å². The number of sulfonamides is 1. The molecule has 0 spiro atoms. The predicted octanol–water partition coefficient (Wildman–Crippen LogP) is 3.03. The summed E-state index contributed by atoms with van der Waals surface area (Å²) in [7, 11) is -1.84. The van der Waals surface area contributed by atoms with E-state index in [2.05, 4.69) is 22.0 Å². The number of rotatable bonds is 6. The SMILES string of the molecule is CN(Cc1ccc(N2CCOCC2)cc1)S(=O)(=O)Cc1cccc2cccnc12. The molecule has 0 amide bonds. The zero-order valence-electron chi connectivity index (χ0n) is 16.5. The summed E-state index contributed by atoms with van der Waals surface area (Å²) in [5.74, 6) is -0.0658. The Morgan fingerprint density at radius 1 is 1.03 bits per heavy atom. The molecular formula is C22H25N3O3S. The number of hydrogen-bond acceptors (Lipinski definition) is 5. The highest BCUT2D eigenvalue weighted by Gasteiger charge is 2.20. The third-order valence-electron chi connectivity index (χ3n) is 5.25. The highest BCUT2D eigenvalue weighted by atomic mass is 32.2. The molecule has 0 N–H and O–H groups in total. The Kier molecular flexibility index (Phi) is 5.80. The van der Waals surface area contributed by atoms with E-state index in [-0.39, 0.29) is 5.75 Å². The average Bonchev–Trinajstić information content (AvgIpc) is 2.75. The van der Waals surface area contributed by atoms with E-state index in [1.807, 2.05) is 42.5 Å². The summed E-state index contributed by atoms with van der Waals surface area (Å²) in [5, 5.41) is 0.946. The van der Waals surface area contributed by atoms with E-state index >= 15 is 0 Å². The number of morpholine rings is 1. The van der Waals surface area contributed by atoms with Crippen LogP contribution in [0.2, 0.25) is 0 Å². The Morgan fingerprint density at radius 3 is 2.52 bits per heavy atom. The summed E-state index contributed by atoms with van der Waals surface area (Å²) in [6, 6.07) is 17.5. The molecule has 0 unspecified atom stereocenters. The Labute approximate surface area is 171 Å². The first-order valence-corrected chi connectivity index (χ1v) is 11.3. The molecule has 6 nitrogen and oxygen atoms in total. The van der Waals surface area contributed by atoms with Gasteiger partial charge in [-0.2, -0.15) is 0 Å². The third-order valence-corrected chi connectivity index (χ3v) is 7.00. The van der Waals surface area contributed by atoms with Crippen molar-refractivity contribution in [2.24, 2.45) is 0 Å². The molecule has 2 heterocycles. The van der Waals surface area contributed by atoms with Crippen LogP contribution in [0.1, 0.15) is 11.1 Å². The van der Waals surface area contributed by atoms with E-state index in [1.54, 1.807) is 13.2 Å². The van der Waals surface area contributed by atoms with Crippen LogP contribution in [0.4, 0.5) is 5.69 Å². The van der Waals surface area contributed by atoms with Crippen LogP contribution >= 0.6 is 0 Å². The van der Waals surface area contributed by atoms with Gasteiger partial charge < -0.3 is 9.64 Å². The van der Waals surface area contributed by atoms with E-state index in [4.69, 9.17) is 4.74 Å². The fraction of sp³-hybridized carbons (Fsp3) is 0.318. The summed E-state index contributed by atoms with van der Waals surface area (Å²) in [4.78, 5) is 6.65. The standard InChI is InChI=1S/C22H25N3O3S/c1-24(16-18-7-9-21(10-8-18)25-12-14-28-15-13-25)29(26,27)17-20-5-2-4-19-6-3-11-23-22(19)20/h2-11H,12-17H2,1H3. The van der Waals surface area contributed by atoms with Crippen LogP contribution in [0.5, 0.6) is 0 Å². The maximum absolute atomic E-state index is 12.9. The van der Waals surface area contributed by atoms with Crippen LogP contribution in [-0.2, 0) is 27.1 Å². The number of benzene rings is 2. The summed E-state index contributed by atoms with van der Waals surface area (Å²) in [6.07, 6.45) is 1.69. The van der Waals surface area contributed by atoms with Crippen molar-refractivity contribution >= 4 is 26.6 Å². The number of pyridine rings is 1. The lowest BCUT2D eigenvalue weighted by Crippen LogP contribution is -2.36. The fourth-order valence-corrected chi connectivity index (χ4v) is 4.77. The number of anilines is 1. The van der Waals surface area contributed by atoms with Crippen molar-refractivity contribution in [3.05, 3.63) is 71.9 Å². The quantitative estimate of drug-likeness (QED) is 0.624. The summed E-state index contributed by atoms with van der Waals surface area (Å²) < 4.78 is 32.7. The molecule has 29 heavy (non-hydrogen) atoms. The molecule has 0 atom stereocenters. The lowest BCUT2D eigenvalue weighted by Gasteiger charge is -2.29. The van der Waals surface area contributed by atoms with Gasteiger partial charge in [0, 0.05) is 44.0 Å². The van der Waals surface area contributed by atoms with Gasteiger partial charge >= 0.3 is 0 Å². The topological polar surface area (TPSA) is 62.7 Å². The molecule has 1 fully saturated rings. The van der Waals surface area contributed by atoms with Crippen LogP contribution in [0, 0.1) is 0 Å². The lowest BCUT2D eigenvalue weighted by molar-refractivity contribution is 0.122. The van der Waals surface area contributed by atoms with E-state index < -0.39 is 10.0 Å². The normalized spacial score (nSPS) is 15.2. The number of fused-ring (bicyclic) bond motifs is 1. The highest BCUT2D eigenvalue weighted by Crippen LogP contribution is 2.21. The number of aromatic nitrogens is 1. The highest BCUT2D eigenvalue weighted by molar-refractivity contribution is 7.88. The van der Waals surface area contributed by atoms with Crippen LogP contribution in [0.15, 0.2) is 60.8 Å². The van der Waals surface area contributed by atoms with E-state index in [9.17, 15) is 8.42 Å². The maximum atomic E-state index is 12.9. The van der Waals surface area contributed by atoms with Crippen molar-refractivity contribution in [1.29, 1.82) is 0 Å². The Morgan fingerprint density at radius 2 is 1.76 bits per heavy atom. The fourth-order valence-electron chi connectivity index (χ4n) is 3.58. The van der Waals surface area contributed by atoms with Gasteiger partial charge in [0.25, 0.3) is 0 Å². The summed E-state index contributed by atoms with van der Waals surface area (Å²) in [6.45, 7) is 3.58. The number of para-hydroxylation sites is 1. The van der Waals surface area contributed by atoms with Gasteiger partial charge in [-0.05, 0) is 29.3 Å². The molecule has 0 radical (unpaired) electrons. The van der Waals surface area contributed by atoms with Crippen molar-refractivity contribution in [2.45, 2.75) is 12.3 Å². The van der Waals surface area contributed by atoms with Crippen LogP contribution < -0.4 is 4.90 Å². The lowest BCUT2D eigenvalue weighted by atomic mass is 10.1. The number of hydrogen-bond donors (Lipinski definition) is 0. The molecule has 0 aliphatic carbocycles. The first-order chi connectivity index (χ1) is 14.0. The Hall–Kier alpha value is -2.48. The maximum Gasteiger partial charge on any atom is 0.218 e. The zero-order valence-corrected chi connectivity index (χ0v) is 17.3. The minimum absolute atomic E-state index is 0.0658. The second-order valence-electron chi connectivity index (χ2n) is 7.27. The van der Waals surface area contributed by atoms with Gasteiger partial charge in [0.05, 0.1) is 24.5 Å². The Balaban J connectivity index is 1.46. The minimum Gasteiger partial charge on any atom is -0.378 e. The van der Waals surface area contributed by atoms with Gasteiger partial charge in [0.1, 0.15) is 0 Å². The smallest absolute Gasteiger partial charge is 0.218 e.